The van der Waals surface area contributed by atoms with Crippen LogP contribution in [0.5, 0.6) is 0 Å². The summed E-state index contributed by atoms with van der Waals surface area (Å²) in [6.07, 6.45) is 2.18. The van der Waals surface area contributed by atoms with Crippen molar-refractivity contribution in [1.29, 1.82) is 0 Å². The van der Waals surface area contributed by atoms with Crippen LogP contribution in [0.2, 0.25) is 0 Å². The number of hydrogen-bond donors (Lipinski definition) is 1. The molecule has 0 aromatic heterocycles. The quantitative estimate of drug-likeness (QED) is 0.661. The van der Waals surface area contributed by atoms with Crippen molar-refractivity contribution in [3.8, 4) is 0 Å². The molecule has 1 unspecified atom stereocenters. The van der Waals surface area contributed by atoms with Gasteiger partial charge in [0, 0.05) is 6.54 Å². The highest BCUT2D eigenvalue weighted by Gasteiger charge is 2.14. The molecule has 0 rings (SSSR count). The molecule has 0 fully saturated rings. The molecule has 0 radical (unpaired) electrons. The average Bonchev–Trinajstić information content (AvgIpc) is 2.05. The predicted octanol–water partition coefficient (Wildman–Crippen LogP) is 1.83. The van der Waals surface area contributed by atoms with Crippen LogP contribution < -0.4 is 0 Å². The molecule has 78 valence electrons. The van der Waals surface area contributed by atoms with Gasteiger partial charge in [0.2, 0.25) is 0 Å². The Balaban J connectivity index is 3.85. The van der Waals surface area contributed by atoms with Gasteiger partial charge >= 0.3 is 5.97 Å². The first-order chi connectivity index (χ1) is 6.11. The van der Waals surface area contributed by atoms with Crippen LogP contribution in [0, 0.1) is 5.92 Å². The zero-order valence-corrected chi connectivity index (χ0v) is 8.92. The molecule has 1 atom stereocenters. The van der Waals surface area contributed by atoms with Crippen LogP contribution in [-0.2, 0) is 4.79 Å². The second-order valence-corrected chi connectivity index (χ2v) is 3.54. The van der Waals surface area contributed by atoms with Crippen molar-refractivity contribution in [1.82, 2.24) is 4.90 Å². The molecule has 0 aromatic rings. The van der Waals surface area contributed by atoms with E-state index < -0.39 is 5.97 Å². The summed E-state index contributed by atoms with van der Waals surface area (Å²) in [6, 6.07) is 0. The van der Waals surface area contributed by atoms with Gasteiger partial charge < -0.3 is 10.0 Å². The molecule has 0 bridgehead atoms. The van der Waals surface area contributed by atoms with Gasteiger partial charge in [-0.05, 0) is 25.9 Å². The lowest BCUT2D eigenvalue weighted by atomic mass is 10.1. The number of nitrogens with zero attached hydrogens (tertiary/aromatic N) is 1. The summed E-state index contributed by atoms with van der Waals surface area (Å²) in [6.45, 7) is 8.69. The standard InChI is InChI=1S/C10H21NO2/c1-4-6-11(7-5-2)8-9(3)10(12)13/h9H,4-8H2,1-3H3,(H,12,13). The van der Waals surface area contributed by atoms with Crippen molar-refractivity contribution in [3.63, 3.8) is 0 Å². The molecule has 0 aliphatic heterocycles. The average molecular weight is 187 g/mol. The number of aliphatic carboxylic acids is 1. The zero-order chi connectivity index (χ0) is 10.3. The Hall–Kier alpha value is -0.570. The van der Waals surface area contributed by atoms with Gasteiger partial charge in [-0.25, -0.2) is 0 Å². The molecule has 0 amide bonds. The van der Waals surface area contributed by atoms with Crippen LogP contribution in [0.25, 0.3) is 0 Å². The van der Waals surface area contributed by atoms with Gasteiger partial charge in [-0.15, -0.1) is 0 Å². The van der Waals surface area contributed by atoms with Crippen LogP contribution >= 0.6 is 0 Å². The minimum atomic E-state index is -0.697. The topological polar surface area (TPSA) is 40.5 Å². The highest BCUT2D eigenvalue weighted by Crippen LogP contribution is 2.02. The molecule has 13 heavy (non-hydrogen) atoms. The third-order valence-electron chi connectivity index (χ3n) is 2.03. The number of carbonyl (C=O) groups is 1. The number of carboxylic acid groups (broad SMARTS) is 1. The molecule has 0 aromatic carbocycles. The molecule has 0 saturated carbocycles. The van der Waals surface area contributed by atoms with Crippen LogP contribution in [0.1, 0.15) is 33.6 Å². The Morgan fingerprint density at radius 1 is 1.31 bits per heavy atom. The van der Waals surface area contributed by atoms with Gasteiger partial charge in [-0.3, -0.25) is 4.79 Å². The van der Waals surface area contributed by atoms with Crippen molar-refractivity contribution in [2.24, 2.45) is 5.92 Å². The molecule has 3 heteroatoms. The van der Waals surface area contributed by atoms with Crippen molar-refractivity contribution < 1.29 is 9.90 Å². The normalized spacial score (nSPS) is 13.2. The van der Waals surface area contributed by atoms with E-state index in [0.29, 0.717) is 6.54 Å². The molecular formula is C10H21NO2. The summed E-state index contributed by atoms with van der Waals surface area (Å²) >= 11 is 0. The van der Waals surface area contributed by atoms with Crippen molar-refractivity contribution in [3.05, 3.63) is 0 Å². The largest absolute Gasteiger partial charge is 0.481 e. The van der Waals surface area contributed by atoms with E-state index >= 15 is 0 Å². The Morgan fingerprint density at radius 3 is 2.08 bits per heavy atom. The Morgan fingerprint density at radius 2 is 1.77 bits per heavy atom. The molecule has 0 aliphatic carbocycles. The molecule has 0 saturated heterocycles. The highest BCUT2D eigenvalue weighted by molar-refractivity contribution is 5.69. The van der Waals surface area contributed by atoms with Gasteiger partial charge in [0.25, 0.3) is 0 Å². The lowest BCUT2D eigenvalue weighted by Crippen LogP contribution is -2.33. The molecule has 0 heterocycles. The van der Waals surface area contributed by atoms with E-state index in [1.54, 1.807) is 6.92 Å². The first-order valence-corrected chi connectivity index (χ1v) is 5.06. The molecule has 3 nitrogen and oxygen atoms in total. The smallest absolute Gasteiger partial charge is 0.307 e. The van der Waals surface area contributed by atoms with Crippen molar-refractivity contribution in [2.75, 3.05) is 19.6 Å². The maximum absolute atomic E-state index is 10.6. The summed E-state index contributed by atoms with van der Waals surface area (Å²) in [5.74, 6) is -0.949. The predicted molar refractivity (Wildman–Crippen MR) is 53.8 cm³/mol. The summed E-state index contributed by atoms with van der Waals surface area (Å²) in [5.41, 5.74) is 0. The maximum atomic E-state index is 10.6. The van der Waals surface area contributed by atoms with E-state index in [0.717, 1.165) is 25.9 Å². The van der Waals surface area contributed by atoms with Gasteiger partial charge in [-0.2, -0.15) is 0 Å². The number of hydrogen-bond acceptors (Lipinski definition) is 2. The fourth-order valence-electron chi connectivity index (χ4n) is 1.39. The summed E-state index contributed by atoms with van der Waals surface area (Å²) < 4.78 is 0. The van der Waals surface area contributed by atoms with Crippen LogP contribution in [0.15, 0.2) is 0 Å². The third-order valence-corrected chi connectivity index (χ3v) is 2.03. The third kappa shape index (κ3) is 5.64. The van der Waals surface area contributed by atoms with E-state index in [2.05, 4.69) is 18.7 Å². The van der Waals surface area contributed by atoms with Gasteiger partial charge in [-0.1, -0.05) is 20.8 Å². The molecule has 0 aliphatic rings. The van der Waals surface area contributed by atoms with Gasteiger partial charge in [0.1, 0.15) is 0 Å². The molecular weight excluding hydrogens is 166 g/mol. The molecule has 1 N–H and O–H groups in total. The maximum Gasteiger partial charge on any atom is 0.307 e. The van der Waals surface area contributed by atoms with E-state index in [1.807, 2.05) is 0 Å². The zero-order valence-electron chi connectivity index (χ0n) is 8.92. The second kappa shape index (κ2) is 6.89. The van der Waals surface area contributed by atoms with E-state index in [9.17, 15) is 4.79 Å². The summed E-state index contributed by atoms with van der Waals surface area (Å²) in [4.78, 5) is 12.8. The Kier molecular flexibility index (Phi) is 6.59. The fourth-order valence-corrected chi connectivity index (χ4v) is 1.39. The lowest BCUT2D eigenvalue weighted by Gasteiger charge is -2.22. The minimum Gasteiger partial charge on any atom is -0.481 e. The Bertz CT molecular complexity index is 142. The number of rotatable bonds is 7. The highest BCUT2D eigenvalue weighted by atomic mass is 16.4. The van der Waals surface area contributed by atoms with Crippen molar-refractivity contribution >= 4 is 5.97 Å². The fraction of sp³-hybridized carbons (Fsp3) is 0.900. The van der Waals surface area contributed by atoms with Gasteiger partial charge in [0.15, 0.2) is 0 Å². The van der Waals surface area contributed by atoms with Crippen LogP contribution in [0.3, 0.4) is 0 Å². The lowest BCUT2D eigenvalue weighted by molar-refractivity contribution is -0.141. The SMILES string of the molecule is CCCN(CCC)CC(C)C(=O)O. The van der Waals surface area contributed by atoms with E-state index in [1.165, 1.54) is 0 Å². The van der Waals surface area contributed by atoms with Crippen LogP contribution in [-0.4, -0.2) is 35.6 Å². The number of carboxylic acids is 1. The first kappa shape index (κ1) is 12.4. The monoisotopic (exact) mass is 187 g/mol. The van der Waals surface area contributed by atoms with E-state index in [4.69, 9.17) is 5.11 Å². The minimum absolute atomic E-state index is 0.252. The summed E-state index contributed by atoms with van der Waals surface area (Å²) in [5, 5.41) is 8.74. The van der Waals surface area contributed by atoms with Crippen LogP contribution in [0.4, 0.5) is 0 Å². The van der Waals surface area contributed by atoms with Crippen molar-refractivity contribution in [2.45, 2.75) is 33.6 Å². The Labute approximate surface area is 80.7 Å². The summed E-state index contributed by atoms with van der Waals surface area (Å²) in [7, 11) is 0. The van der Waals surface area contributed by atoms with E-state index in [-0.39, 0.29) is 5.92 Å². The molecule has 0 spiro atoms. The van der Waals surface area contributed by atoms with Gasteiger partial charge in [0.05, 0.1) is 5.92 Å². The second-order valence-electron chi connectivity index (χ2n) is 3.54. The first-order valence-electron chi connectivity index (χ1n) is 5.06.